The minimum atomic E-state index is 1.15. The number of nitrogens with zero attached hydrogens (tertiary/aromatic N) is 1. The summed E-state index contributed by atoms with van der Waals surface area (Å²) in [6, 6.07) is 21.8. The molecule has 0 spiro atoms. The topological polar surface area (TPSA) is 4.93 Å². The molecular weight excluding hydrogens is 242 g/mol. The van der Waals surface area contributed by atoms with E-state index in [9.17, 15) is 0 Å². The largest absolute Gasteiger partial charge is 0.343 e. The van der Waals surface area contributed by atoms with Crippen LogP contribution in [-0.4, -0.2) is 4.57 Å². The number of aromatic nitrogens is 1. The molecule has 0 radical (unpaired) electrons. The van der Waals surface area contributed by atoms with Crippen molar-refractivity contribution in [3.05, 3.63) is 71.8 Å². The summed E-state index contributed by atoms with van der Waals surface area (Å²) < 4.78 is 2.35. The Kier molecular flexibility index (Phi) is 2.53. The van der Waals surface area contributed by atoms with Gasteiger partial charge in [0.25, 0.3) is 0 Å². The van der Waals surface area contributed by atoms with Gasteiger partial charge in [0.2, 0.25) is 0 Å². The average Bonchev–Trinajstić information content (AvgIpc) is 2.86. The Morgan fingerprint density at radius 1 is 0.800 bits per heavy atom. The average molecular weight is 259 g/mol. The molecule has 1 aliphatic carbocycles. The molecule has 98 valence electrons. The molecule has 0 fully saturated rings. The highest BCUT2D eigenvalue weighted by Crippen LogP contribution is 2.37. The summed E-state index contributed by atoms with van der Waals surface area (Å²) in [5, 5.41) is 0. The molecule has 1 aliphatic rings. The monoisotopic (exact) mass is 259 g/mol. The number of aryl methyl sites for hydroxylation is 2. The van der Waals surface area contributed by atoms with Gasteiger partial charge in [-0.05, 0) is 35.6 Å². The van der Waals surface area contributed by atoms with Crippen LogP contribution in [0.2, 0.25) is 0 Å². The zero-order valence-electron chi connectivity index (χ0n) is 11.6. The highest BCUT2D eigenvalue weighted by Gasteiger charge is 2.21. The Morgan fingerprint density at radius 2 is 1.50 bits per heavy atom. The van der Waals surface area contributed by atoms with Crippen molar-refractivity contribution in [2.75, 3.05) is 0 Å². The lowest BCUT2D eigenvalue weighted by atomic mass is 9.90. The third-order valence-electron chi connectivity index (χ3n) is 4.32. The lowest BCUT2D eigenvalue weighted by Crippen LogP contribution is -2.05. The number of benzene rings is 2. The fourth-order valence-electron chi connectivity index (χ4n) is 3.33. The summed E-state index contributed by atoms with van der Waals surface area (Å²) in [6.07, 6.45) is 2.30. The van der Waals surface area contributed by atoms with E-state index in [1.165, 1.54) is 33.6 Å². The SMILES string of the molecule is Cn1c(-c2ccccc2)cc2c1-c1ccccc1CC2. The molecule has 0 bridgehead atoms. The molecule has 1 heteroatoms. The van der Waals surface area contributed by atoms with Crippen LogP contribution in [0, 0.1) is 0 Å². The Balaban J connectivity index is 1.95. The van der Waals surface area contributed by atoms with Gasteiger partial charge in [-0.25, -0.2) is 0 Å². The zero-order chi connectivity index (χ0) is 13.5. The summed E-state index contributed by atoms with van der Waals surface area (Å²) in [4.78, 5) is 0. The molecule has 0 saturated carbocycles. The van der Waals surface area contributed by atoms with Crippen molar-refractivity contribution < 1.29 is 0 Å². The van der Waals surface area contributed by atoms with Crippen LogP contribution in [-0.2, 0) is 19.9 Å². The van der Waals surface area contributed by atoms with Crippen molar-refractivity contribution in [1.29, 1.82) is 0 Å². The zero-order valence-corrected chi connectivity index (χ0v) is 11.6. The third kappa shape index (κ3) is 1.63. The van der Waals surface area contributed by atoms with Gasteiger partial charge >= 0.3 is 0 Å². The van der Waals surface area contributed by atoms with E-state index in [2.05, 4.69) is 72.3 Å². The second-order valence-corrected chi connectivity index (χ2v) is 5.49. The van der Waals surface area contributed by atoms with Gasteiger partial charge in [0.15, 0.2) is 0 Å². The molecule has 3 aromatic rings. The van der Waals surface area contributed by atoms with Crippen molar-refractivity contribution in [1.82, 2.24) is 4.57 Å². The smallest absolute Gasteiger partial charge is 0.0518 e. The van der Waals surface area contributed by atoms with Crippen LogP contribution in [0.1, 0.15) is 11.1 Å². The van der Waals surface area contributed by atoms with Gasteiger partial charge in [0.1, 0.15) is 0 Å². The second kappa shape index (κ2) is 4.38. The van der Waals surface area contributed by atoms with Crippen LogP contribution < -0.4 is 0 Å². The molecule has 0 atom stereocenters. The predicted molar refractivity (Wildman–Crippen MR) is 83.7 cm³/mol. The van der Waals surface area contributed by atoms with Crippen molar-refractivity contribution in [2.45, 2.75) is 12.8 Å². The second-order valence-electron chi connectivity index (χ2n) is 5.49. The molecule has 1 aromatic heterocycles. The van der Waals surface area contributed by atoms with Crippen LogP contribution >= 0.6 is 0 Å². The van der Waals surface area contributed by atoms with Crippen LogP contribution in [0.3, 0.4) is 0 Å². The molecule has 0 aliphatic heterocycles. The minimum absolute atomic E-state index is 1.15. The first kappa shape index (κ1) is 11.5. The standard InChI is InChI=1S/C19H17N/c1-20-18(15-8-3-2-4-9-15)13-16-12-11-14-7-5-6-10-17(14)19(16)20/h2-10,13H,11-12H2,1H3. The van der Waals surface area contributed by atoms with E-state index < -0.39 is 0 Å². The maximum absolute atomic E-state index is 2.36. The molecular formula is C19H17N. The number of fused-ring (bicyclic) bond motifs is 3. The number of rotatable bonds is 1. The van der Waals surface area contributed by atoms with Crippen LogP contribution in [0.25, 0.3) is 22.5 Å². The Morgan fingerprint density at radius 3 is 2.35 bits per heavy atom. The fourth-order valence-corrected chi connectivity index (χ4v) is 3.33. The van der Waals surface area contributed by atoms with Crippen molar-refractivity contribution >= 4 is 0 Å². The van der Waals surface area contributed by atoms with E-state index in [-0.39, 0.29) is 0 Å². The number of hydrogen-bond acceptors (Lipinski definition) is 0. The quantitative estimate of drug-likeness (QED) is 0.608. The Labute approximate surface area is 119 Å². The van der Waals surface area contributed by atoms with Gasteiger partial charge in [-0.2, -0.15) is 0 Å². The molecule has 0 unspecified atom stereocenters. The minimum Gasteiger partial charge on any atom is -0.343 e. The fraction of sp³-hybridized carbons (Fsp3) is 0.158. The summed E-state index contributed by atoms with van der Waals surface area (Å²) in [7, 11) is 2.18. The van der Waals surface area contributed by atoms with Crippen LogP contribution in [0.5, 0.6) is 0 Å². The maximum Gasteiger partial charge on any atom is 0.0518 e. The maximum atomic E-state index is 2.36. The van der Waals surface area contributed by atoms with Crippen molar-refractivity contribution in [3.8, 4) is 22.5 Å². The summed E-state index contributed by atoms with van der Waals surface area (Å²) in [5.74, 6) is 0. The van der Waals surface area contributed by atoms with Crippen molar-refractivity contribution in [2.24, 2.45) is 7.05 Å². The molecule has 0 amide bonds. The molecule has 2 aromatic carbocycles. The van der Waals surface area contributed by atoms with E-state index >= 15 is 0 Å². The van der Waals surface area contributed by atoms with Gasteiger partial charge in [-0.15, -0.1) is 0 Å². The van der Waals surface area contributed by atoms with E-state index in [4.69, 9.17) is 0 Å². The number of hydrogen-bond donors (Lipinski definition) is 0. The Bertz CT molecular complexity index is 766. The molecule has 1 nitrogen and oxygen atoms in total. The lowest BCUT2D eigenvalue weighted by Gasteiger charge is -2.18. The van der Waals surface area contributed by atoms with E-state index in [0.717, 1.165) is 12.8 Å². The van der Waals surface area contributed by atoms with E-state index in [0.29, 0.717) is 0 Å². The first-order valence-corrected chi connectivity index (χ1v) is 7.17. The summed E-state index contributed by atoms with van der Waals surface area (Å²) in [6.45, 7) is 0. The first-order chi connectivity index (χ1) is 9.84. The van der Waals surface area contributed by atoms with Crippen LogP contribution in [0.15, 0.2) is 60.7 Å². The molecule has 1 heterocycles. The summed E-state index contributed by atoms with van der Waals surface area (Å²) in [5.41, 5.74) is 8.35. The molecule has 0 N–H and O–H groups in total. The lowest BCUT2D eigenvalue weighted by molar-refractivity contribution is 0.891. The van der Waals surface area contributed by atoms with Crippen LogP contribution in [0.4, 0.5) is 0 Å². The highest BCUT2D eigenvalue weighted by molar-refractivity contribution is 5.76. The predicted octanol–water partition coefficient (Wildman–Crippen LogP) is 4.46. The molecule has 20 heavy (non-hydrogen) atoms. The first-order valence-electron chi connectivity index (χ1n) is 7.17. The molecule has 0 saturated heterocycles. The summed E-state index contributed by atoms with van der Waals surface area (Å²) >= 11 is 0. The van der Waals surface area contributed by atoms with Gasteiger partial charge in [0, 0.05) is 18.3 Å². The third-order valence-corrected chi connectivity index (χ3v) is 4.32. The highest BCUT2D eigenvalue weighted by atomic mass is 15.0. The van der Waals surface area contributed by atoms with E-state index in [1.807, 2.05) is 0 Å². The Hall–Kier alpha value is -2.28. The van der Waals surface area contributed by atoms with Gasteiger partial charge in [-0.1, -0.05) is 54.6 Å². The van der Waals surface area contributed by atoms with Gasteiger partial charge in [0.05, 0.1) is 5.69 Å². The molecule has 4 rings (SSSR count). The van der Waals surface area contributed by atoms with Gasteiger partial charge in [-0.3, -0.25) is 0 Å². The van der Waals surface area contributed by atoms with E-state index in [1.54, 1.807) is 0 Å². The van der Waals surface area contributed by atoms with Crippen molar-refractivity contribution in [3.63, 3.8) is 0 Å². The van der Waals surface area contributed by atoms with Gasteiger partial charge < -0.3 is 4.57 Å². The normalized spacial score (nSPS) is 12.8.